The number of ether oxygens (including phenoxy) is 1. The molecule has 0 amide bonds. The predicted molar refractivity (Wildman–Crippen MR) is 69.0 cm³/mol. The summed E-state index contributed by atoms with van der Waals surface area (Å²) in [4.78, 5) is 12.1. The number of rotatable bonds is 3. The number of fused-ring (bicyclic) bond motifs is 1. The Morgan fingerprint density at radius 1 is 1.53 bits per heavy atom. The van der Waals surface area contributed by atoms with Crippen LogP contribution < -0.4 is 0 Å². The minimum Gasteiger partial charge on any atom is -0.465 e. The fourth-order valence-electron chi connectivity index (χ4n) is 2.73. The van der Waals surface area contributed by atoms with Crippen molar-refractivity contribution < 1.29 is 19.0 Å². The van der Waals surface area contributed by atoms with Crippen LogP contribution in [0.3, 0.4) is 0 Å². The van der Waals surface area contributed by atoms with E-state index in [-0.39, 0.29) is 6.61 Å². The maximum atomic E-state index is 13.4. The molecule has 0 saturated carbocycles. The number of halogens is 1. The van der Waals surface area contributed by atoms with Gasteiger partial charge in [-0.1, -0.05) is 6.07 Å². The number of hydrogen-bond acceptors (Lipinski definition) is 3. The molecule has 0 radical (unpaired) electrons. The van der Waals surface area contributed by atoms with Gasteiger partial charge in [-0.25, -0.2) is 4.39 Å². The molecule has 19 heavy (non-hydrogen) atoms. The van der Waals surface area contributed by atoms with Gasteiger partial charge in [-0.3, -0.25) is 4.79 Å². The van der Waals surface area contributed by atoms with Gasteiger partial charge in [-0.05, 0) is 56.9 Å². The lowest BCUT2D eigenvalue weighted by Crippen LogP contribution is -2.46. The van der Waals surface area contributed by atoms with Gasteiger partial charge >= 0.3 is 5.97 Å². The van der Waals surface area contributed by atoms with Crippen molar-refractivity contribution in [3.8, 4) is 0 Å². The molecule has 0 fully saturated rings. The molecule has 1 atom stereocenters. The molecule has 0 unspecified atom stereocenters. The third-order valence-corrected chi connectivity index (χ3v) is 4.09. The quantitative estimate of drug-likeness (QED) is 0.855. The standard InChI is InChI=1S/C15H19FO3/c1-4-19-13(17)14(2,3)15(18)8-7-10-5-6-11(16)9-12(10)15/h5-6,9,18H,4,7-8H2,1-3H3/t15-/m0/s1. The first kappa shape index (κ1) is 14.0. The fraction of sp³-hybridized carbons (Fsp3) is 0.533. The van der Waals surface area contributed by atoms with E-state index in [4.69, 9.17) is 4.74 Å². The lowest BCUT2D eigenvalue weighted by atomic mass is 9.71. The van der Waals surface area contributed by atoms with E-state index in [0.29, 0.717) is 18.4 Å². The summed E-state index contributed by atoms with van der Waals surface area (Å²) in [6.07, 6.45) is 1.03. The van der Waals surface area contributed by atoms with Gasteiger partial charge < -0.3 is 9.84 Å². The normalized spacial score (nSPS) is 22.2. The van der Waals surface area contributed by atoms with Gasteiger partial charge in [0.2, 0.25) is 0 Å². The molecule has 1 aromatic carbocycles. The third-order valence-electron chi connectivity index (χ3n) is 4.09. The Morgan fingerprint density at radius 3 is 2.84 bits per heavy atom. The zero-order valence-corrected chi connectivity index (χ0v) is 11.5. The van der Waals surface area contributed by atoms with Gasteiger partial charge in [0.1, 0.15) is 11.4 Å². The lowest BCUT2D eigenvalue weighted by Gasteiger charge is -2.38. The largest absolute Gasteiger partial charge is 0.465 e. The van der Waals surface area contributed by atoms with E-state index in [1.807, 2.05) is 0 Å². The van der Waals surface area contributed by atoms with Crippen LogP contribution in [-0.4, -0.2) is 17.7 Å². The number of carbonyl (C=O) groups excluding carboxylic acids is 1. The van der Waals surface area contributed by atoms with E-state index in [9.17, 15) is 14.3 Å². The highest BCUT2D eigenvalue weighted by molar-refractivity contribution is 5.78. The first-order valence-electron chi connectivity index (χ1n) is 6.51. The van der Waals surface area contributed by atoms with Crippen LogP contribution in [0.5, 0.6) is 0 Å². The van der Waals surface area contributed by atoms with Crippen LogP contribution in [0.15, 0.2) is 18.2 Å². The van der Waals surface area contributed by atoms with Crippen LogP contribution in [0.2, 0.25) is 0 Å². The Balaban J connectivity index is 2.46. The summed E-state index contributed by atoms with van der Waals surface area (Å²) in [6, 6.07) is 4.37. The van der Waals surface area contributed by atoms with Gasteiger partial charge in [0.05, 0.1) is 12.0 Å². The highest BCUT2D eigenvalue weighted by atomic mass is 19.1. The second-order valence-corrected chi connectivity index (χ2v) is 5.51. The highest BCUT2D eigenvalue weighted by Crippen LogP contribution is 2.49. The molecular formula is C15H19FO3. The number of aliphatic hydroxyl groups is 1. The Hall–Kier alpha value is -1.42. The predicted octanol–water partition coefficient (Wildman–Crippen LogP) is 2.55. The van der Waals surface area contributed by atoms with Crippen molar-refractivity contribution in [2.75, 3.05) is 6.61 Å². The van der Waals surface area contributed by atoms with Gasteiger partial charge in [0.15, 0.2) is 0 Å². The minimum absolute atomic E-state index is 0.258. The number of aryl methyl sites for hydroxylation is 1. The Bertz CT molecular complexity index is 510. The van der Waals surface area contributed by atoms with Crippen molar-refractivity contribution in [1.82, 2.24) is 0 Å². The van der Waals surface area contributed by atoms with E-state index >= 15 is 0 Å². The van der Waals surface area contributed by atoms with Crippen LogP contribution >= 0.6 is 0 Å². The summed E-state index contributed by atoms with van der Waals surface area (Å²) in [5, 5.41) is 10.9. The van der Waals surface area contributed by atoms with Crippen LogP contribution in [0.25, 0.3) is 0 Å². The molecule has 1 aliphatic carbocycles. The van der Waals surface area contributed by atoms with Crippen LogP contribution in [0.4, 0.5) is 4.39 Å². The zero-order valence-electron chi connectivity index (χ0n) is 11.5. The molecule has 0 bridgehead atoms. The molecule has 4 heteroatoms. The van der Waals surface area contributed by atoms with Gasteiger partial charge in [-0.15, -0.1) is 0 Å². The molecule has 1 N–H and O–H groups in total. The number of benzene rings is 1. The van der Waals surface area contributed by atoms with E-state index in [1.54, 1.807) is 26.8 Å². The van der Waals surface area contributed by atoms with E-state index in [0.717, 1.165) is 5.56 Å². The minimum atomic E-state index is -1.38. The smallest absolute Gasteiger partial charge is 0.314 e. The first-order valence-corrected chi connectivity index (χ1v) is 6.51. The topological polar surface area (TPSA) is 46.5 Å². The highest BCUT2D eigenvalue weighted by Gasteiger charge is 2.54. The Kier molecular flexibility index (Phi) is 3.39. The van der Waals surface area contributed by atoms with E-state index in [2.05, 4.69) is 0 Å². The summed E-state index contributed by atoms with van der Waals surface area (Å²) in [6.45, 7) is 5.27. The van der Waals surface area contributed by atoms with Gasteiger partial charge in [0.25, 0.3) is 0 Å². The van der Waals surface area contributed by atoms with Crippen LogP contribution in [-0.2, 0) is 21.6 Å². The summed E-state index contributed by atoms with van der Waals surface area (Å²) in [7, 11) is 0. The van der Waals surface area contributed by atoms with Crippen LogP contribution in [0, 0.1) is 11.2 Å². The zero-order chi connectivity index (χ0) is 14.3. The second kappa shape index (κ2) is 4.60. The molecule has 0 saturated heterocycles. The van der Waals surface area contributed by atoms with Crippen molar-refractivity contribution in [3.63, 3.8) is 0 Å². The van der Waals surface area contributed by atoms with Crippen molar-refractivity contribution in [3.05, 3.63) is 35.1 Å². The average Bonchev–Trinajstić information content (AvgIpc) is 2.69. The van der Waals surface area contributed by atoms with E-state index in [1.165, 1.54) is 12.1 Å². The molecule has 3 nitrogen and oxygen atoms in total. The summed E-state index contributed by atoms with van der Waals surface area (Å²) in [5.74, 6) is -0.867. The van der Waals surface area contributed by atoms with Crippen LogP contribution in [0.1, 0.15) is 38.3 Å². The maximum Gasteiger partial charge on any atom is 0.314 e. The Labute approximate surface area is 112 Å². The summed E-state index contributed by atoms with van der Waals surface area (Å²) in [5.41, 5.74) is -1.09. The van der Waals surface area contributed by atoms with Crippen molar-refractivity contribution >= 4 is 5.97 Å². The number of carbonyl (C=O) groups is 1. The van der Waals surface area contributed by atoms with Crippen molar-refractivity contribution in [2.24, 2.45) is 5.41 Å². The van der Waals surface area contributed by atoms with E-state index < -0.39 is 22.8 Å². The average molecular weight is 266 g/mol. The molecule has 1 aromatic rings. The third kappa shape index (κ3) is 2.04. The summed E-state index contributed by atoms with van der Waals surface area (Å²) >= 11 is 0. The lowest BCUT2D eigenvalue weighted by molar-refractivity contribution is -0.172. The van der Waals surface area contributed by atoms with Gasteiger partial charge in [-0.2, -0.15) is 0 Å². The molecule has 0 spiro atoms. The molecule has 104 valence electrons. The number of esters is 1. The monoisotopic (exact) mass is 266 g/mol. The molecular weight excluding hydrogens is 247 g/mol. The first-order chi connectivity index (χ1) is 8.83. The maximum absolute atomic E-state index is 13.4. The SMILES string of the molecule is CCOC(=O)C(C)(C)[C@]1(O)CCc2ccc(F)cc21. The summed E-state index contributed by atoms with van der Waals surface area (Å²) < 4.78 is 18.5. The van der Waals surface area contributed by atoms with Gasteiger partial charge in [0, 0.05) is 0 Å². The molecule has 1 aliphatic rings. The Morgan fingerprint density at radius 2 is 2.21 bits per heavy atom. The molecule has 0 heterocycles. The van der Waals surface area contributed by atoms with Crippen molar-refractivity contribution in [1.29, 1.82) is 0 Å². The molecule has 0 aliphatic heterocycles. The second-order valence-electron chi connectivity index (χ2n) is 5.51. The fourth-order valence-corrected chi connectivity index (χ4v) is 2.73. The number of hydrogen-bond donors (Lipinski definition) is 1. The van der Waals surface area contributed by atoms with Crippen molar-refractivity contribution in [2.45, 2.75) is 39.2 Å². The molecule has 0 aromatic heterocycles. The molecule has 2 rings (SSSR count).